The largest absolute Gasteiger partial charge is 0.497 e. The number of hydrogen-bond acceptors (Lipinski definition) is 2. The molecule has 2 aromatic rings. The predicted molar refractivity (Wildman–Crippen MR) is 80.5 cm³/mol. The van der Waals surface area contributed by atoms with E-state index in [1.807, 2.05) is 12.1 Å². The van der Waals surface area contributed by atoms with E-state index in [0.29, 0.717) is 5.92 Å². The minimum Gasteiger partial charge on any atom is -0.497 e. The Hall–Kier alpha value is -1.32. The molecule has 0 heterocycles. The molecule has 2 aromatic carbocycles. The maximum absolute atomic E-state index is 6.44. The van der Waals surface area contributed by atoms with Crippen molar-refractivity contribution in [2.45, 2.75) is 18.4 Å². The van der Waals surface area contributed by atoms with Crippen molar-refractivity contribution >= 4 is 15.9 Å². The van der Waals surface area contributed by atoms with Crippen molar-refractivity contribution in [2.24, 2.45) is 5.73 Å². The summed E-state index contributed by atoms with van der Waals surface area (Å²) in [6.45, 7) is 0. The number of methoxy groups -OCH3 is 1. The predicted octanol–water partition coefficient (Wildman–Crippen LogP) is 3.80. The van der Waals surface area contributed by atoms with Gasteiger partial charge in [0.05, 0.1) is 7.11 Å². The summed E-state index contributed by atoms with van der Waals surface area (Å²) in [5.41, 5.74) is 10.4. The van der Waals surface area contributed by atoms with Crippen molar-refractivity contribution in [3.8, 4) is 5.75 Å². The summed E-state index contributed by atoms with van der Waals surface area (Å²) in [6.07, 6.45) is 1.07. The molecule has 1 aliphatic carbocycles. The third kappa shape index (κ3) is 2.17. The van der Waals surface area contributed by atoms with E-state index in [9.17, 15) is 0 Å². The number of ether oxygens (including phenoxy) is 1. The van der Waals surface area contributed by atoms with Gasteiger partial charge in [-0.3, -0.25) is 0 Å². The highest BCUT2D eigenvalue weighted by Gasteiger charge is 2.32. The van der Waals surface area contributed by atoms with Crippen molar-refractivity contribution in [2.75, 3.05) is 7.11 Å². The first-order valence-electron chi connectivity index (χ1n) is 6.37. The number of benzene rings is 2. The molecule has 3 rings (SSSR count). The minimum absolute atomic E-state index is 0.0233. The van der Waals surface area contributed by atoms with Crippen LogP contribution in [0, 0.1) is 0 Å². The van der Waals surface area contributed by atoms with Crippen molar-refractivity contribution in [3.05, 3.63) is 63.6 Å². The van der Waals surface area contributed by atoms with Crippen LogP contribution in [-0.2, 0) is 6.42 Å². The normalized spacial score (nSPS) is 18.4. The van der Waals surface area contributed by atoms with Crippen molar-refractivity contribution in [1.29, 1.82) is 0 Å². The molecular weight excluding hydrogens is 302 g/mol. The highest BCUT2D eigenvalue weighted by Crippen LogP contribution is 2.44. The zero-order valence-electron chi connectivity index (χ0n) is 10.8. The van der Waals surface area contributed by atoms with E-state index in [0.717, 1.165) is 22.2 Å². The standard InChI is InChI=1S/C16H16BrNO/c1-19-11-6-7-13(15(17)9-11)16(18)14-8-10-4-2-3-5-12(10)14/h2-7,9,14,16H,8,18H2,1H3. The fraction of sp³-hybridized carbons (Fsp3) is 0.250. The number of rotatable bonds is 3. The zero-order valence-corrected chi connectivity index (χ0v) is 12.4. The van der Waals surface area contributed by atoms with Crippen LogP contribution in [-0.4, -0.2) is 7.11 Å². The number of nitrogens with two attached hydrogens (primary N) is 1. The van der Waals surface area contributed by atoms with E-state index in [-0.39, 0.29) is 6.04 Å². The SMILES string of the molecule is COc1ccc(C(N)C2Cc3ccccc32)c(Br)c1. The van der Waals surface area contributed by atoms with Gasteiger partial charge in [-0.25, -0.2) is 0 Å². The van der Waals surface area contributed by atoms with Gasteiger partial charge in [-0.05, 0) is 35.2 Å². The second kappa shape index (κ2) is 4.99. The quantitative estimate of drug-likeness (QED) is 0.934. The van der Waals surface area contributed by atoms with Gasteiger partial charge in [0.15, 0.2) is 0 Å². The van der Waals surface area contributed by atoms with Crippen LogP contribution in [0.15, 0.2) is 46.9 Å². The van der Waals surface area contributed by atoms with Gasteiger partial charge in [-0.15, -0.1) is 0 Å². The summed E-state index contributed by atoms with van der Waals surface area (Å²) < 4.78 is 6.23. The Morgan fingerprint density at radius 3 is 2.74 bits per heavy atom. The van der Waals surface area contributed by atoms with Gasteiger partial charge in [0.2, 0.25) is 0 Å². The molecule has 2 nitrogen and oxygen atoms in total. The molecule has 0 radical (unpaired) electrons. The maximum Gasteiger partial charge on any atom is 0.120 e. The second-order valence-corrected chi connectivity index (χ2v) is 5.78. The molecule has 0 spiro atoms. The molecule has 0 fully saturated rings. The molecule has 0 saturated heterocycles. The Morgan fingerprint density at radius 2 is 2.05 bits per heavy atom. The highest BCUT2D eigenvalue weighted by atomic mass is 79.9. The van der Waals surface area contributed by atoms with Crippen LogP contribution in [0.25, 0.3) is 0 Å². The van der Waals surface area contributed by atoms with E-state index < -0.39 is 0 Å². The van der Waals surface area contributed by atoms with Crippen molar-refractivity contribution < 1.29 is 4.74 Å². The second-order valence-electron chi connectivity index (χ2n) is 4.92. The highest BCUT2D eigenvalue weighted by molar-refractivity contribution is 9.10. The molecule has 2 unspecified atom stereocenters. The van der Waals surface area contributed by atoms with Crippen LogP contribution < -0.4 is 10.5 Å². The molecule has 98 valence electrons. The molecule has 0 aromatic heterocycles. The Balaban J connectivity index is 1.88. The first kappa shape index (κ1) is 12.7. The van der Waals surface area contributed by atoms with Crippen molar-refractivity contribution in [1.82, 2.24) is 0 Å². The average Bonchev–Trinajstić information content (AvgIpc) is 2.39. The first-order chi connectivity index (χ1) is 9.20. The fourth-order valence-corrected chi connectivity index (χ4v) is 3.36. The summed E-state index contributed by atoms with van der Waals surface area (Å²) in [7, 11) is 1.67. The molecule has 0 bridgehead atoms. The molecule has 3 heteroatoms. The van der Waals surface area contributed by atoms with Gasteiger partial charge < -0.3 is 10.5 Å². The Kier molecular flexibility index (Phi) is 3.33. The maximum atomic E-state index is 6.44. The smallest absolute Gasteiger partial charge is 0.120 e. The van der Waals surface area contributed by atoms with Crippen LogP contribution in [0.4, 0.5) is 0 Å². The summed E-state index contributed by atoms with van der Waals surface area (Å²) in [5, 5.41) is 0. The van der Waals surface area contributed by atoms with Crippen LogP contribution in [0.2, 0.25) is 0 Å². The van der Waals surface area contributed by atoms with E-state index in [2.05, 4.69) is 46.3 Å². The lowest BCUT2D eigenvalue weighted by molar-refractivity contribution is 0.413. The third-order valence-electron chi connectivity index (χ3n) is 3.89. The molecule has 19 heavy (non-hydrogen) atoms. The van der Waals surface area contributed by atoms with Crippen LogP contribution in [0.5, 0.6) is 5.75 Å². The van der Waals surface area contributed by atoms with Gasteiger partial charge in [0.1, 0.15) is 5.75 Å². The zero-order chi connectivity index (χ0) is 13.4. The Labute approximate surface area is 121 Å². The monoisotopic (exact) mass is 317 g/mol. The molecule has 2 atom stereocenters. The van der Waals surface area contributed by atoms with E-state index in [1.54, 1.807) is 7.11 Å². The molecule has 0 saturated carbocycles. The minimum atomic E-state index is 0.0233. The summed E-state index contributed by atoms with van der Waals surface area (Å²) in [6, 6.07) is 14.5. The fourth-order valence-electron chi connectivity index (χ4n) is 2.74. The van der Waals surface area contributed by atoms with Crippen LogP contribution in [0.3, 0.4) is 0 Å². The average molecular weight is 318 g/mol. The first-order valence-corrected chi connectivity index (χ1v) is 7.17. The summed E-state index contributed by atoms with van der Waals surface area (Å²) in [4.78, 5) is 0. The van der Waals surface area contributed by atoms with Gasteiger partial charge in [0, 0.05) is 16.4 Å². The van der Waals surface area contributed by atoms with Crippen LogP contribution in [0.1, 0.15) is 28.7 Å². The van der Waals surface area contributed by atoms with Gasteiger partial charge in [0.25, 0.3) is 0 Å². The van der Waals surface area contributed by atoms with Gasteiger partial charge in [-0.1, -0.05) is 46.3 Å². The Morgan fingerprint density at radius 1 is 1.26 bits per heavy atom. The lowest BCUT2D eigenvalue weighted by Gasteiger charge is -2.35. The molecule has 0 aliphatic heterocycles. The van der Waals surface area contributed by atoms with Crippen molar-refractivity contribution in [3.63, 3.8) is 0 Å². The number of fused-ring (bicyclic) bond motifs is 1. The van der Waals surface area contributed by atoms with Crippen LogP contribution >= 0.6 is 15.9 Å². The third-order valence-corrected chi connectivity index (χ3v) is 4.58. The van der Waals surface area contributed by atoms with Gasteiger partial charge >= 0.3 is 0 Å². The molecule has 1 aliphatic rings. The lowest BCUT2D eigenvalue weighted by atomic mass is 9.72. The van der Waals surface area contributed by atoms with E-state index in [4.69, 9.17) is 10.5 Å². The molecule has 2 N–H and O–H groups in total. The Bertz CT molecular complexity index is 611. The topological polar surface area (TPSA) is 35.2 Å². The number of halogens is 1. The summed E-state index contributed by atoms with van der Waals surface area (Å²) >= 11 is 3.59. The molecular formula is C16H16BrNO. The molecule has 0 amide bonds. The van der Waals surface area contributed by atoms with E-state index in [1.165, 1.54) is 11.1 Å². The van der Waals surface area contributed by atoms with E-state index >= 15 is 0 Å². The van der Waals surface area contributed by atoms with Gasteiger partial charge in [-0.2, -0.15) is 0 Å². The summed E-state index contributed by atoms with van der Waals surface area (Å²) in [5.74, 6) is 1.26. The lowest BCUT2D eigenvalue weighted by Crippen LogP contribution is -2.29. The number of hydrogen-bond donors (Lipinski definition) is 1.